The molecule has 140 valence electrons. The smallest absolute Gasteiger partial charge is 0.362 e. The summed E-state index contributed by atoms with van der Waals surface area (Å²) in [6.07, 6.45) is 0. The van der Waals surface area contributed by atoms with Gasteiger partial charge in [-0.1, -0.05) is 30.3 Å². The number of aliphatic carboxylic acids is 1. The lowest BCUT2D eigenvalue weighted by Crippen LogP contribution is -2.32. The molecule has 0 spiro atoms. The van der Waals surface area contributed by atoms with Crippen LogP contribution in [0.4, 0.5) is 22.0 Å². The Labute approximate surface area is 143 Å². The van der Waals surface area contributed by atoms with E-state index in [0.29, 0.717) is 0 Å². The summed E-state index contributed by atoms with van der Waals surface area (Å²) in [4.78, 5) is 21.0. The van der Waals surface area contributed by atoms with Crippen molar-refractivity contribution >= 4 is 13.5 Å². The van der Waals surface area contributed by atoms with E-state index in [-0.39, 0.29) is 17.7 Å². The topological polar surface area (TPSA) is 86.6 Å². The Morgan fingerprint density at radius 1 is 1.04 bits per heavy atom. The molecule has 0 radical (unpaired) electrons. The fourth-order valence-electron chi connectivity index (χ4n) is 2.10. The van der Waals surface area contributed by atoms with Crippen molar-refractivity contribution < 1.29 is 41.3 Å². The second kappa shape index (κ2) is 7.14. The minimum atomic E-state index is -5.95. The first-order chi connectivity index (χ1) is 12.0. The molecule has 2 atom stereocenters. The molecule has 0 aliphatic heterocycles. The number of benzene rings is 2. The number of rotatable bonds is 6. The highest BCUT2D eigenvalue weighted by atomic mass is 31.2. The maximum absolute atomic E-state index is 14.3. The van der Waals surface area contributed by atoms with Gasteiger partial charge >= 0.3 is 19.2 Å². The molecule has 11 heteroatoms. The second-order valence-corrected chi connectivity index (χ2v) is 7.12. The predicted molar refractivity (Wildman–Crippen MR) is 80.0 cm³/mol. The van der Waals surface area contributed by atoms with E-state index in [4.69, 9.17) is 5.11 Å². The molecule has 2 aromatic carbocycles. The molecule has 0 aliphatic rings. The number of nitrogens with one attached hydrogen (secondary N) is 1. The number of hydrogen-bond acceptors (Lipinski definition) is 2. The molecule has 5 nitrogen and oxygen atoms in total. The Hall–Kier alpha value is -2.29. The van der Waals surface area contributed by atoms with Crippen molar-refractivity contribution in [3.8, 4) is 0 Å². The van der Waals surface area contributed by atoms with Crippen molar-refractivity contribution in [3.05, 3.63) is 71.0 Å². The third kappa shape index (κ3) is 3.62. The SMILES string of the molecule is O=C(O)C(NP(=O)(O)C(F)(F)c1ccc(F)c(F)c1F)c1ccccc1. The normalized spacial score (nSPS) is 15.3. The summed E-state index contributed by atoms with van der Waals surface area (Å²) in [6.45, 7) is 0. The van der Waals surface area contributed by atoms with E-state index >= 15 is 0 Å². The molecular weight excluding hydrogens is 384 g/mol. The summed E-state index contributed by atoms with van der Waals surface area (Å²) >= 11 is 0. The molecule has 26 heavy (non-hydrogen) atoms. The van der Waals surface area contributed by atoms with Crippen LogP contribution in [0.2, 0.25) is 0 Å². The van der Waals surface area contributed by atoms with Crippen LogP contribution in [-0.2, 0) is 15.0 Å². The summed E-state index contributed by atoms with van der Waals surface area (Å²) in [6, 6.07) is 4.84. The summed E-state index contributed by atoms with van der Waals surface area (Å²) in [5.74, 6) is -8.12. The zero-order valence-corrected chi connectivity index (χ0v) is 13.6. The average Bonchev–Trinajstić information content (AvgIpc) is 2.57. The number of hydrogen-bond donors (Lipinski definition) is 3. The molecule has 2 unspecified atom stereocenters. The molecule has 0 heterocycles. The largest absolute Gasteiger partial charge is 0.480 e. The minimum absolute atomic E-state index is 0.108. The standard InChI is InChI=1S/C15H11F5NO4P/c16-10-7-6-9(11(17)12(10)18)15(19,20)26(24,25)21-13(14(22)23)8-4-2-1-3-5-8/h1-7,13H,(H,22,23)(H2,21,24,25). The first-order valence-electron chi connectivity index (χ1n) is 6.89. The number of alkyl halides is 2. The first kappa shape index (κ1) is 20.0. The van der Waals surface area contributed by atoms with Gasteiger partial charge in [0.1, 0.15) is 6.04 Å². The van der Waals surface area contributed by atoms with Gasteiger partial charge in [-0.15, -0.1) is 0 Å². The summed E-state index contributed by atoms with van der Waals surface area (Å²) in [5, 5.41) is 10.5. The van der Waals surface area contributed by atoms with Crippen molar-refractivity contribution in [2.45, 2.75) is 11.7 Å². The fourth-order valence-corrected chi connectivity index (χ4v) is 3.37. The predicted octanol–water partition coefficient (Wildman–Crippen LogP) is 3.75. The molecule has 0 amide bonds. The van der Waals surface area contributed by atoms with Crippen LogP contribution >= 0.6 is 7.52 Å². The Kier molecular flexibility index (Phi) is 5.50. The van der Waals surface area contributed by atoms with Gasteiger partial charge in [0.25, 0.3) is 0 Å². The van der Waals surface area contributed by atoms with E-state index < -0.39 is 48.2 Å². The zero-order chi connectivity index (χ0) is 19.7. The highest BCUT2D eigenvalue weighted by Crippen LogP contribution is 2.61. The van der Waals surface area contributed by atoms with E-state index in [0.717, 1.165) is 0 Å². The van der Waals surface area contributed by atoms with E-state index in [2.05, 4.69) is 0 Å². The van der Waals surface area contributed by atoms with Crippen LogP contribution in [0.5, 0.6) is 0 Å². The summed E-state index contributed by atoms with van der Waals surface area (Å²) in [7, 11) is -5.95. The number of carboxylic acid groups (broad SMARTS) is 1. The van der Waals surface area contributed by atoms with Gasteiger partial charge in [-0.05, 0) is 17.7 Å². The number of halogens is 5. The van der Waals surface area contributed by atoms with Crippen LogP contribution in [0.15, 0.2) is 42.5 Å². The molecule has 0 fully saturated rings. The monoisotopic (exact) mass is 395 g/mol. The second-order valence-electron chi connectivity index (χ2n) is 5.15. The van der Waals surface area contributed by atoms with Crippen LogP contribution in [-0.4, -0.2) is 16.0 Å². The van der Waals surface area contributed by atoms with Gasteiger partial charge in [0.15, 0.2) is 17.5 Å². The van der Waals surface area contributed by atoms with Crippen LogP contribution in [0.3, 0.4) is 0 Å². The van der Waals surface area contributed by atoms with Gasteiger partial charge in [0.2, 0.25) is 0 Å². The molecule has 2 rings (SSSR count). The van der Waals surface area contributed by atoms with Crippen molar-refractivity contribution in [2.24, 2.45) is 0 Å². The molecule has 0 saturated carbocycles. The highest BCUT2D eigenvalue weighted by Gasteiger charge is 2.54. The van der Waals surface area contributed by atoms with Crippen LogP contribution in [0.25, 0.3) is 0 Å². The van der Waals surface area contributed by atoms with Gasteiger partial charge in [0.05, 0.1) is 5.56 Å². The van der Waals surface area contributed by atoms with Gasteiger partial charge in [-0.25, -0.2) is 18.3 Å². The van der Waals surface area contributed by atoms with E-state index in [1.165, 1.54) is 35.4 Å². The highest BCUT2D eigenvalue weighted by molar-refractivity contribution is 7.56. The van der Waals surface area contributed by atoms with Gasteiger partial charge < -0.3 is 10.00 Å². The third-order valence-corrected chi connectivity index (χ3v) is 5.03. The summed E-state index contributed by atoms with van der Waals surface area (Å²) < 4.78 is 80.5. The molecule has 0 aliphatic carbocycles. The number of carbonyl (C=O) groups is 1. The zero-order valence-electron chi connectivity index (χ0n) is 12.7. The maximum atomic E-state index is 14.3. The van der Waals surface area contributed by atoms with Gasteiger partial charge in [-0.3, -0.25) is 9.36 Å². The number of carboxylic acids is 1. The Morgan fingerprint density at radius 2 is 1.62 bits per heavy atom. The maximum Gasteiger partial charge on any atom is 0.362 e. The average molecular weight is 395 g/mol. The fraction of sp³-hybridized carbons (Fsp3) is 0.133. The molecular formula is C15H11F5NO4P. The van der Waals surface area contributed by atoms with E-state index in [1.54, 1.807) is 0 Å². The van der Waals surface area contributed by atoms with Crippen molar-refractivity contribution in [1.82, 2.24) is 5.09 Å². The molecule has 0 aromatic heterocycles. The Morgan fingerprint density at radius 3 is 2.15 bits per heavy atom. The third-order valence-electron chi connectivity index (χ3n) is 3.42. The van der Waals surface area contributed by atoms with E-state index in [9.17, 15) is 36.2 Å². The van der Waals surface area contributed by atoms with Crippen molar-refractivity contribution in [2.75, 3.05) is 0 Å². The summed E-state index contributed by atoms with van der Waals surface area (Å²) in [5.41, 5.74) is -6.95. The van der Waals surface area contributed by atoms with Gasteiger partial charge in [0, 0.05) is 0 Å². The van der Waals surface area contributed by atoms with E-state index in [1.807, 2.05) is 0 Å². The van der Waals surface area contributed by atoms with Crippen molar-refractivity contribution in [3.63, 3.8) is 0 Å². The van der Waals surface area contributed by atoms with Crippen molar-refractivity contribution in [1.29, 1.82) is 0 Å². The lowest BCUT2D eigenvalue weighted by molar-refractivity contribution is -0.139. The van der Waals surface area contributed by atoms with Crippen LogP contribution in [0.1, 0.15) is 17.2 Å². The van der Waals surface area contributed by atoms with Gasteiger partial charge in [-0.2, -0.15) is 8.78 Å². The minimum Gasteiger partial charge on any atom is -0.480 e. The Bertz CT molecular complexity index is 878. The van der Waals surface area contributed by atoms with Crippen LogP contribution < -0.4 is 5.09 Å². The van der Waals surface area contributed by atoms with Crippen LogP contribution in [0, 0.1) is 17.5 Å². The lowest BCUT2D eigenvalue weighted by atomic mass is 10.1. The molecule has 2 aromatic rings. The molecule has 0 bridgehead atoms. The quantitative estimate of drug-likeness (QED) is 0.394. The molecule has 3 N–H and O–H groups in total. The lowest BCUT2D eigenvalue weighted by Gasteiger charge is -2.26. The Balaban J connectivity index is 2.46. The molecule has 0 saturated heterocycles. The first-order valence-corrected chi connectivity index (χ1v) is 8.55.